The van der Waals surface area contributed by atoms with Crippen LogP contribution in [-0.2, 0) is 4.79 Å². The third-order valence-electron chi connectivity index (χ3n) is 5.94. The first kappa shape index (κ1) is 20.0. The highest BCUT2D eigenvalue weighted by Crippen LogP contribution is 2.34. The molecule has 27 heavy (non-hydrogen) atoms. The van der Waals surface area contributed by atoms with Gasteiger partial charge < -0.3 is 9.69 Å². The van der Waals surface area contributed by atoms with Crippen molar-refractivity contribution in [1.82, 2.24) is 14.9 Å². The Labute approximate surface area is 163 Å². The van der Waals surface area contributed by atoms with Gasteiger partial charge in [0.1, 0.15) is 6.29 Å². The Morgan fingerprint density at radius 2 is 1.78 bits per heavy atom. The van der Waals surface area contributed by atoms with Crippen LogP contribution < -0.4 is 4.90 Å². The quantitative estimate of drug-likeness (QED) is 0.747. The fraction of sp³-hybridized carbons (Fsp3) is 0.682. The van der Waals surface area contributed by atoms with Crippen LogP contribution in [0.4, 0.5) is 5.95 Å². The first-order valence-electron chi connectivity index (χ1n) is 10.6. The van der Waals surface area contributed by atoms with Crippen molar-refractivity contribution in [2.75, 3.05) is 18.0 Å². The van der Waals surface area contributed by atoms with Crippen LogP contribution in [0, 0.1) is 0 Å². The third kappa shape index (κ3) is 4.75. The molecule has 2 aliphatic heterocycles. The van der Waals surface area contributed by atoms with Crippen LogP contribution in [0.2, 0.25) is 0 Å². The number of rotatable bonds is 4. The summed E-state index contributed by atoms with van der Waals surface area (Å²) < 4.78 is 0. The number of carbonyl (C=O) groups excluding carboxylic acids is 1. The van der Waals surface area contributed by atoms with Gasteiger partial charge in [-0.05, 0) is 57.9 Å². The number of aromatic nitrogens is 2. The van der Waals surface area contributed by atoms with E-state index in [9.17, 15) is 4.79 Å². The molecule has 0 radical (unpaired) electrons. The molecule has 5 nitrogen and oxygen atoms in total. The number of nitrogens with zero attached hydrogens (tertiary/aromatic N) is 4. The van der Waals surface area contributed by atoms with Crippen molar-refractivity contribution >= 4 is 17.8 Å². The molecule has 0 N–H and O–H groups in total. The van der Waals surface area contributed by atoms with E-state index in [1.165, 1.54) is 49.7 Å². The first-order chi connectivity index (χ1) is 13.1. The zero-order valence-corrected chi connectivity index (χ0v) is 17.1. The summed E-state index contributed by atoms with van der Waals surface area (Å²) >= 11 is 0. The molecule has 148 valence electrons. The fourth-order valence-electron chi connectivity index (χ4n) is 4.40. The second-order valence-corrected chi connectivity index (χ2v) is 8.16. The third-order valence-corrected chi connectivity index (χ3v) is 5.94. The molecule has 4 rings (SSSR count). The average Bonchev–Trinajstić information content (AvgIpc) is 2.98. The smallest absolute Gasteiger partial charge is 0.225 e. The lowest BCUT2D eigenvalue weighted by molar-refractivity contribution is -0.107. The number of likely N-dealkylation sites (tertiary alicyclic amines) is 1. The highest BCUT2D eigenvalue weighted by molar-refractivity contribution is 5.65. The molecule has 0 spiro atoms. The van der Waals surface area contributed by atoms with E-state index >= 15 is 0 Å². The Hall–Kier alpha value is -1.75. The van der Waals surface area contributed by atoms with Crippen molar-refractivity contribution in [3.63, 3.8) is 0 Å². The van der Waals surface area contributed by atoms with Crippen LogP contribution in [0.1, 0.15) is 71.3 Å². The molecule has 0 saturated carbocycles. The minimum Gasteiger partial charge on any atom is -0.332 e. The largest absolute Gasteiger partial charge is 0.332 e. The minimum atomic E-state index is 0.593. The van der Waals surface area contributed by atoms with Gasteiger partial charge in [-0.15, -0.1) is 0 Å². The van der Waals surface area contributed by atoms with E-state index in [0.29, 0.717) is 24.5 Å². The van der Waals surface area contributed by atoms with Crippen LogP contribution in [-0.4, -0.2) is 52.4 Å². The van der Waals surface area contributed by atoms with Gasteiger partial charge in [-0.2, -0.15) is 0 Å². The van der Waals surface area contributed by atoms with Gasteiger partial charge in [0.05, 0.1) is 0 Å². The second-order valence-electron chi connectivity index (χ2n) is 8.16. The molecular formula is C22H34N4O. The number of anilines is 1. The van der Waals surface area contributed by atoms with E-state index in [1.807, 2.05) is 19.3 Å². The molecule has 2 fully saturated rings. The van der Waals surface area contributed by atoms with Crippen LogP contribution in [0.15, 0.2) is 18.5 Å². The van der Waals surface area contributed by atoms with E-state index in [2.05, 4.69) is 29.7 Å². The summed E-state index contributed by atoms with van der Waals surface area (Å²) in [5.74, 6) is 0.945. The molecule has 2 atom stereocenters. The minimum absolute atomic E-state index is 0.593. The maximum absolute atomic E-state index is 9.17. The van der Waals surface area contributed by atoms with Gasteiger partial charge >= 0.3 is 0 Å². The maximum atomic E-state index is 9.17. The summed E-state index contributed by atoms with van der Waals surface area (Å²) in [6.07, 6.45) is 15.6. The van der Waals surface area contributed by atoms with Crippen LogP contribution >= 0.6 is 0 Å². The number of aldehydes is 1. The van der Waals surface area contributed by atoms with Gasteiger partial charge in [-0.1, -0.05) is 13.0 Å². The van der Waals surface area contributed by atoms with Gasteiger partial charge in [0, 0.05) is 55.6 Å². The Balaban J connectivity index is 0.000000481. The number of hydrogen-bond donors (Lipinski definition) is 0. The van der Waals surface area contributed by atoms with Crippen molar-refractivity contribution in [2.24, 2.45) is 0 Å². The molecule has 2 unspecified atom stereocenters. The highest BCUT2D eigenvalue weighted by Gasteiger charge is 2.41. The van der Waals surface area contributed by atoms with Crippen molar-refractivity contribution in [3.05, 3.63) is 24.0 Å². The molecule has 0 aromatic carbocycles. The summed E-state index contributed by atoms with van der Waals surface area (Å²) in [5, 5.41) is 0. The van der Waals surface area contributed by atoms with E-state index in [-0.39, 0.29) is 0 Å². The maximum Gasteiger partial charge on any atom is 0.225 e. The lowest BCUT2D eigenvalue weighted by Crippen LogP contribution is -2.56. The van der Waals surface area contributed by atoms with Crippen LogP contribution in [0.5, 0.6) is 0 Å². The zero-order valence-electron chi connectivity index (χ0n) is 17.1. The Kier molecular flexibility index (Phi) is 7.00. The molecular weight excluding hydrogens is 336 g/mol. The van der Waals surface area contributed by atoms with Crippen molar-refractivity contribution in [2.45, 2.75) is 83.8 Å². The Bertz CT molecular complexity index is 626. The van der Waals surface area contributed by atoms with E-state index < -0.39 is 0 Å². The standard InChI is InChI=1S/C19H28N4.C3H6O/c1-14(2)22-12-17-8-9-18(13-22)23(17)19-20-10-16(11-21-19)15-6-4-3-5-7-15;1-2-3-4/h6,10-11,14,17-18H,3-5,7-9,12-13H2,1-2H3;3H,2H2,1H3. The monoisotopic (exact) mass is 370 g/mol. The average molecular weight is 371 g/mol. The molecule has 3 aliphatic rings. The van der Waals surface area contributed by atoms with Gasteiger partial charge in [0.25, 0.3) is 0 Å². The Morgan fingerprint density at radius 3 is 2.26 bits per heavy atom. The van der Waals surface area contributed by atoms with Crippen molar-refractivity contribution < 1.29 is 4.79 Å². The summed E-state index contributed by atoms with van der Waals surface area (Å²) in [6, 6.07) is 1.83. The number of piperazine rings is 1. The van der Waals surface area contributed by atoms with Crippen LogP contribution in [0.25, 0.3) is 5.57 Å². The molecule has 5 heteroatoms. The molecule has 2 saturated heterocycles. The molecule has 1 aromatic heterocycles. The first-order valence-corrected chi connectivity index (χ1v) is 10.6. The van der Waals surface area contributed by atoms with E-state index in [1.54, 1.807) is 0 Å². The topological polar surface area (TPSA) is 49.3 Å². The SMILES string of the molecule is CC(C)N1CC2CCC(C1)N2c1ncc(C2=CCCCC2)cn1.CCC=O. The molecule has 2 bridgehead atoms. The predicted octanol–water partition coefficient (Wildman–Crippen LogP) is 4.09. The highest BCUT2D eigenvalue weighted by atomic mass is 16.1. The second kappa shape index (κ2) is 9.45. The lowest BCUT2D eigenvalue weighted by Gasteiger charge is -2.42. The summed E-state index contributed by atoms with van der Waals surface area (Å²) in [7, 11) is 0. The van der Waals surface area contributed by atoms with Gasteiger partial charge in [-0.25, -0.2) is 9.97 Å². The van der Waals surface area contributed by atoms with E-state index in [4.69, 9.17) is 9.97 Å². The summed E-state index contributed by atoms with van der Waals surface area (Å²) in [6.45, 7) is 8.73. The number of carbonyl (C=O) groups is 1. The van der Waals surface area contributed by atoms with E-state index in [0.717, 1.165) is 25.3 Å². The molecule has 0 amide bonds. The normalized spacial score (nSPS) is 25.0. The van der Waals surface area contributed by atoms with Crippen LogP contribution in [0.3, 0.4) is 0 Å². The van der Waals surface area contributed by atoms with Gasteiger partial charge in [0.15, 0.2) is 0 Å². The molecule has 1 aromatic rings. The molecule has 1 aliphatic carbocycles. The fourth-order valence-corrected chi connectivity index (χ4v) is 4.40. The number of allylic oxidation sites excluding steroid dienone is 2. The van der Waals surface area contributed by atoms with Gasteiger partial charge in [-0.3, -0.25) is 4.90 Å². The van der Waals surface area contributed by atoms with Gasteiger partial charge in [0.2, 0.25) is 5.95 Å². The summed E-state index contributed by atoms with van der Waals surface area (Å²) in [5.41, 5.74) is 2.66. The van der Waals surface area contributed by atoms with Crippen molar-refractivity contribution in [1.29, 1.82) is 0 Å². The lowest BCUT2D eigenvalue weighted by atomic mass is 9.95. The Morgan fingerprint density at radius 1 is 1.15 bits per heavy atom. The molecule has 3 heterocycles. The number of hydrogen-bond acceptors (Lipinski definition) is 5. The number of fused-ring (bicyclic) bond motifs is 2. The van der Waals surface area contributed by atoms with Crippen molar-refractivity contribution in [3.8, 4) is 0 Å². The zero-order chi connectivity index (χ0) is 19.2. The summed E-state index contributed by atoms with van der Waals surface area (Å²) in [4.78, 5) is 23.8. The predicted molar refractivity (Wildman–Crippen MR) is 111 cm³/mol.